The van der Waals surface area contributed by atoms with Gasteiger partial charge in [0, 0.05) is 30.1 Å². The fourth-order valence-electron chi connectivity index (χ4n) is 1.71. The maximum absolute atomic E-state index is 12.0. The monoisotopic (exact) mass is 244 g/mol. The van der Waals surface area contributed by atoms with Crippen LogP contribution in [0.2, 0.25) is 0 Å². The second-order valence-electron chi connectivity index (χ2n) is 4.27. The van der Waals surface area contributed by atoms with Crippen LogP contribution < -0.4 is 11.1 Å². The van der Waals surface area contributed by atoms with Crippen molar-refractivity contribution in [2.45, 2.75) is 13.0 Å². The number of carbonyl (C=O) groups excluding carboxylic acids is 1. The van der Waals surface area contributed by atoms with Gasteiger partial charge in [-0.25, -0.2) is 0 Å². The summed E-state index contributed by atoms with van der Waals surface area (Å²) in [5, 5.41) is 6.98. The first-order valence-corrected chi connectivity index (χ1v) is 5.71. The standard InChI is InChI=1S/C13H16N4O/c1-9(11-7-15-17(2)8-11)16-13(18)10-4-3-5-12(14)6-10/h3-9H,14H2,1-2H3,(H,16,18). The number of nitrogens with one attached hydrogen (secondary N) is 1. The molecule has 18 heavy (non-hydrogen) atoms. The first-order valence-electron chi connectivity index (χ1n) is 5.71. The van der Waals surface area contributed by atoms with E-state index in [9.17, 15) is 4.79 Å². The summed E-state index contributed by atoms with van der Waals surface area (Å²) < 4.78 is 1.71. The average Bonchev–Trinajstić information content (AvgIpc) is 2.76. The van der Waals surface area contributed by atoms with Gasteiger partial charge >= 0.3 is 0 Å². The van der Waals surface area contributed by atoms with Crippen LogP contribution in [-0.2, 0) is 7.05 Å². The number of rotatable bonds is 3. The molecule has 94 valence electrons. The molecule has 2 aromatic rings. The van der Waals surface area contributed by atoms with Crippen LogP contribution in [0.3, 0.4) is 0 Å². The smallest absolute Gasteiger partial charge is 0.251 e. The Bertz CT molecular complexity index is 562. The first kappa shape index (κ1) is 12.2. The van der Waals surface area contributed by atoms with Crippen molar-refractivity contribution in [3.63, 3.8) is 0 Å². The summed E-state index contributed by atoms with van der Waals surface area (Å²) in [5.74, 6) is -0.140. The lowest BCUT2D eigenvalue weighted by Gasteiger charge is -2.12. The molecule has 0 aliphatic carbocycles. The van der Waals surface area contributed by atoms with E-state index >= 15 is 0 Å². The molecule has 2 rings (SSSR count). The molecule has 1 heterocycles. The van der Waals surface area contributed by atoms with E-state index < -0.39 is 0 Å². The van der Waals surface area contributed by atoms with Crippen LogP contribution in [0.4, 0.5) is 5.69 Å². The molecule has 0 saturated heterocycles. The second-order valence-corrected chi connectivity index (χ2v) is 4.27. The Morgan fingerprint density at radius 1 is 1.50 bits per heavy atom. The Morgan fingerprint density at radius 2 is 2.28 bits per heavy atom. The number of hydrogen-bond acceptors (Lipinski definition) is 3. The maximum Gasteiger partial charge on any atom is 0.251 e. The van der Waals surface area contributed by atoms with Crippen molar-refractivity contribution < 1.29 is 4.79 Å². The minimum atomic E-state index is -0.140. The second kappa shape index (κ2) is 4.91. The molecule has 1 amide bonds. The van der Waals surface area contributed by atoms with Crippen LogP contribution in [0.5, 0.6) is 0 Å². The third kappa shape index (κ3) is 2.68. The third-order valence-electron chi connectivity index (χ3n) is 2.72. The van der Waals surface area contributed by atoms with E-state index in [1.807, 2.05) is 20.2 Å². The van der Waals surface area contributed by atoms with Gasteiger partial charge in [0.2, 0.25) is 0 Å². The van der Waals surface area contributed by atoms with E-state index in [0.29, 0.717) is 11.3 Å². The molecule has 5 nitrogen and oxygen atoms in total. The number of nitrogens with two attached hydrogens (primary N) is 1. The van der Waals surface area contributed by atoms with Crippen molar-refractivity contribution in [1.82, 2.24) is 15.1 Å². The Labute approximate surface area is 106 Å². The molecule has 1 unspecified atom stereocenters. The quantitative estimate of drug-likeness (QED) is 0.803. The van der Waals surface area contributed by atoms with Crippen molar-refractivity contribution in [2.75, 3.05) is 5.73 Å². The lowest BCUT2D eigenvalue weighted by Crippen LogP contribution is -2.26. The summed E-state index contributed by atoms with van der Waals surface area (Å²) >= 11 is 0. The van der Waals surface area contributed by atoms with Gasteiger partial charge in [0.1, 0.15) is 0 Å². The molecule has 0 saturated carbocycles. The van der Waals surface area contributed by atoms with E-state index in [1.165, 1.54) is 0 Å². The van der Waals surface area contributed by atoms with E-state index in [2.05, 4.69) is 10.4 Å². The minimum Gasteiger partial charge on any atom is -0.399 e. The number of amides is 1. The Kier molecular flexibility index (Phi) is 3.32. The van der Waals surface area contributed by atoms with Gasteiger partial charge in [0.05, 0.1) is 12.2 Å². The Hall–Kier alpha value is -2.30. The van der Waals surface area contributed by atoms with Gasteiger partial charge in [0.25, 0.3) is 5.91 Å². The highest BCUT2D eigenvalue weighted by Gasteiger charge is 2.12. The number of carbonyl (C=O) groups is 1. The molecule has 0 spiro atoms. The Balaban J connectivity index is 2.08. The number of aryl methyl sites for hydroxylation is 1. The molecular weight excluding hydrogens is 228 g/mol. The zero-order valence-electron chi connectivity index (χ0n) is 10.4. The third-order valence-corrected chi connectivity index (χ3v) is 2.72. The minimum absolute atomic E-state index is 0.0902. The van der Waals surface area contributed by atoms with Crippen LogP contribution in [0.15, 0.2) is 36.7 Å². The molecule has 0 radical (unpaired) electrons. The highest BCUT2D eigenvalue weighted by molar-refractivity contribution is 5.95. The largest absolute Gasteiger partial charge is 0.399 e. The van der Waals surface area contributed by atoms with Crippen LogP contribution in [0.1, 0.15) is 28.9 Å². The van der Waals surface area contributed by atoms with Gasteiger partial charge in [-0.2, -0.15) is 5.10 Å². The zero-order valence-corrected chi connectivity index (χ0v) is 10.4. The lowest BCUT2D eigenvalue weighted by molar-refractivity contribution is 0.0940. The summed E-state index contributed by atoms with van der Waals surface area (Å²) in [7, 11) is 1.84. The topological polar surface area (TPSA) is 72.9 Å². The molecule has 0 aliphatic heterocycles. The zero-order chi connectivity index (χ0) is 13.1. The highest BCUT2D eigenvalue weighted by atomic mass is 16.1. The first-order chi connectivity index (χ1) is 8.56. The van der Waals surface area contributed by atoms with Crippen molar-refractivity contribution in [3.05, 3.63) is 47.8 Å². The number of aromatic nitrogens is 2. The highest BCUT2D eigenvalue weighted by Crippen LogP contribution is 2.12. The fourth-order valence-corrected chi connectivity index (χ4v) is 1.71. The Morgan fingerprint density at radius 3 is 2.89 bits per heavy atom. The SMILES string of the molecule is CC(NC(=O)c1cccc(N)c1)c1cnn(C)c1. The summed E-state index contributed by atoms with van der Waals surface area (Å²) in [4.78, 5) is 12.0. The lowest BCUT2D eigenvalue weighted by atomic mass is 10.1. The van der Waals surface area contributed by atoms with Gasteiger partial charge in [-0.05, 0) is 25.1 Å². The molecule has 1 atom stereocenters. The van der Waals surface area contributed by atoms with Crippen molar-refractivity contribution >= 4 is 11.6 Å². The summed E-state index contributed by atoms with van der Waals surface area (Å²) in [5.41, 5.74) is 7.76. The van der Waals surface area contributed by atoms with E-state index in [0.717, 1.165) is 5.56 Å². The van der Waals surface area contributed by atoms with Gasteiger partial charge in [-0.15, -0.1) is 0 Å². The average molecular weight is 244 g/mol. The van der Waals surface area contributed by atoms with Gasteiger partial charge in [-0.3, -0.25) is 9.48 Å². The van der Waals surface area contributed by atoms with Crippen LogP contribution >= 0.6 is 0 Å². The molecule has 0 bridgehead atoms. The van der Waals surface area contributed by atoms with Crippen LogP contribution in [0.25, 0.3) is 0 Å². The van der Waals surface area contributed by atoms with Gasteiger partial charge in [-0.1, -0.05) is 6.07 Å². The number of benzene rings is 1. The fraction of sp³-hybridized carbons (Fsp3) is 0.231. The van der Waals surface area contributed by atoms with E-state index in [1.54, 1.807) is 35.1 Å². The molecule has 0 fully saturated rings. The summed E-state index contributed by atoms with van der Waals surface area (Å²) in [6.07, 6.45) is 3.62. The predicted molar refractivity (Wildman–Crippen MR) is 69.9 cm³/mol. The van der Waals surface area contributed by atoms with Gasteiger partial charge in [0.15, 0.2) is 0 Å². The van der Waals surface area contributed by atoms with E-state index in [-0.39, 0.29) is 11.9 Å². The van der Waals surface area contributed by atoms with Crippen LogP contribution in [0, 0.1) is 0 Å². The molecule has 1 aromatic carbocycles. The summed E-state index contributed by atoms with van der Waals surface area (Å²) in [6, 6.07) is 6.82. The number of anilines is 1. The van der Waals surface area contributed by atoms with Gasteiger partial charge < -0.3 is 11.1 Å². The number of nitrogens with zero attached hydrogens (tertiary/aromatic N) is 2. The molecule has 5 heteroatoms. The van der Waals surface area contributed by atoms with Crippen molar-refractivity contribution in [2.24, 2.45) is 7.05 Å². The normalized spacial score (nSPS) is 12.1. The number of hydrogen-bond donors (Lipinski definition) is 2. The maximum atomic E-state index is 12.0. The molecule has 1 aromatic heterocycles. The van der Waals surface area contributed by atoms with Crippen molar-refractivity contribution in [1.29, 1.82) is 0 Å². The number of nitrogen functional groups attached to an aromatic ring is 1. The van der Waals surface area contributed by atoms with Crippen molar-refractivity contribution in [3.8, 4) is 0 Å². The van der Waals surface area contributed by atoms with Crippen LogP contribution in [-0.4, -0.2) is 15.7 Å². The molecular formula is C13H16N4O. The molecule has 3 N–H and O–H groups in total. The summed E-state index contributed by atoms with van der Waals surface area (Å²) in [6.45, 7) is 1.92. The molecule has 0 aliphatic rings. The van der Waals surface area contributed by atoms with E-state index in [4.69, 9.17) is 5.73 Å². The predicted octanol–water partition coefficient (Wildman–Crippen LogP) is 1.49.